The van der Waals surface area contributed by atoms with Gasteiger partial charge in [-0.05, 0) is 26.0 Å². The first kappa shape index (κ1) is 14.2. The van der Waals surface area contributed by atoms with Crippen LogP contribution in [0.4, 0.5) is 0 Å². The first-order chi connectivity index (χ1) is 8.24. The predicted molar refractivity (Wildman–Crippen MR) is 70.3 cm³/mol. The summed E-state index contributed by atoms with van der Waals surface area (Å²) in [6, 6.07) is 2.58. The number of aryl methyl sites for hydroxylation is 2. The molecule has 0 saturated carbocycles. The summed E-state index contributed by atoms with van der Waals surface area (Å²) < 4.78 is 7.34. The van der Waals surface area contributed by atoms with E-state index in [0.717, 1.165) is 32.5 Å². The van der Waals surface area contributed by atoms with E-state index >= 15 is 0 Å². The minimum absolute atomic E-state index is 0.372. The lowest BCUT2D eigenvalue weighted by Crippen LogP contribution is -2.35. The van der Waals surface area contributed by atoms with E-state index in [0.29, 0.717) is 6.04 Å². The summed E-state index contributed by atoms with van der Waals surface area (Å²) in [5, 5.41) is 8.01. The van der Waals surface area contributed by atoms with Crippen LogP contribution in [0.2, 0.25) is 0 Å². The Morgan fingerprint density at radius 3 is 2.71 bits per heavy atom. The molecule has 0 aliphatic carbocycles. The number of methoxy groups -OCH3 is 1. The van der Waals surface area contributed by atoms with Gasteiger partial charge in [-0.15, -0.1) is 0 Å². The highest BCUT2D eigenvalue weighted by Crippen LogP contribution is 2.08. The van der Waals surface area contributed by atoms with E-state index < -0.39 is 0 Å². The summed E-state index contributed by atoms with van der Waals surface area (Å²) >= 11 is 0. The van der Waals surface area contributed by atoms with Gasteiger partial charge in [-0.3, -0.25) is 4.68 Å². The predicted octanol–water partition coefficient (Wildman–Crippen LogP) is 1.63. The van der Waals surface area contributed by atoms with Crippen LogP contribution in [-0.4, -0.2) is 36.1 Å². The van der Waals surface area contributed by atoms with Gasteiger partial charge in [0.2, 0.25) is 0 Å². The van der Waals surface area contributed by atoms with Crippen molar-refractivity contribution >= 4 is 0 Å². The van der Waals surface area contributed by atoms with Gasteiger partial charge in [0.1, 0.15) is 0 Å². The first-order valence-electron chi connectivity index (χ1n) is 6.52. The zero-order chi connectivity index (χ0) is 12.7. The van der Waals surface area contributed by atoms with E-state index in [9.17, 15) is 0 Å². The molecule has 0 radical (unpaired) electrons. The lowest BCUT2D eigenvalue weighted by Gasteiger charge is -2.17. The molecule has 1 aromatic heterocycles. The molecule has 0 saturated heterocycles. The Bertz CT molecular complexity index is 316. The number of nitrogens with one attached hydrogen (secondary N) is 1. The fourth-order valence-electron chi connectivity index (χ4n) is 2.06. The number of nitrogens with zero attached hydrogens (tertiary/aromatic N) is 2. The molecule has 1 rings (SSSR count). The molecule has 4 nitrogen and oxygen atoms in total. The van der Waals surface area contributed by atoms with E-state index in [1.807, 2.05) is 0 Å². The van der Waals surface area contributed by atoms with Gasteiger partial charge in [-0.2, -0.15) is 5.10 Å². The molecule has 4 heteroatoms. The summed E-state index contributed by atoms with van der Waals surface area (Å²) in [4.78, 5) is 0. The second-order valence-corrected chi connectivity index (χ2v) is 4.21. The molecule has 0 aromatic carbocycles. The Kier molecular flexibility index (Phi) is 6.22. The third-order valence-corrected chi connectivity index (χ3v) is 2.89. The number of hydrogen-bond acceptors (Lipinski definition) is 3. The van der Waals surface area contributed by atoms with Crippen molar-refractivity contribution in [3.05, 3.63) is 17.5 Å². The highest BCUT2D eigenvalue weighted by Gasteiger charge is 2.12. The van der Waals surface area contributed by atoms with Crippen molar-refractivity contribution in [2.45, 2.75) is 46.2 Å². The van der Waals surface area contributed by atoms with Crippen LogP contribution >= 0.6 is 0 Å². The smallest absolute Gasteiger partial charge is 0.0624 e. The molecule has 0 aliphatic rings. The van der Waals surface area contributed by atoms with E-state index in [1.165, 1.54) is 11.4 Å². The SMILES string of the molecule is CCNC(COC)Cc1cc(CC)nn1CC. The highest BCUT2D eigenvalue weighted by atomic mass is 16.5. The number of rotatable bonds is 8. The summed E-state index contributed by atoms with van der Waals surface area (Å²) in [6.45, 7) is 9.04. The molecule has 0 aliphatic heterocycles. The Morgan fingerprint density at radius 2 is 2.18 bits per heavy atom. The van der Waals surface area contributed by atoms with Crippen LogP contribution in [0.15, 0.2) is 6.07 Å². The number of aromatic nitrogens is 2. The van der Waals surface area contributed by atoms with Gasteiger partial charge in [-0.25, -0.2) is 0 Å². The maximum atomic E-state index is 5.24. The highest BCUT2D eigenvalue weighted by molar-refractivity contribution is 5.12. The number of likely N-dealkylation sites (N-methyl/N-ethyl adjacent to an activating group) is 1. The van der Waals surface area contributed by atoms with Gasteiger partial charge in [-0.1, -0.05) is 13.8 Å². The van der Waals surface area contributed by atoms with E-state index in [4.69, 9.17) is 4.74 Å². The monoisotopic (exact) mass is 239 g/mol. The molecule has 1 atom stereocenters. The molecule has 1 N–H and O–H groups in total. The van der Waals surface area contributed by atoms with Crippen LogP contribution in [0.25, 0.3) is 0 Å². The standard InChI is InChI=1S/C13H25N3O/c1-5-11-8-13(16(7-3)15-11)9-12(10-17-4)14-6-2/h8,12,14H,5-7,9-10H2,1-4H3. The molecule has 0 bridgehead atoms. The molecule has 1 aromatic rings. The topological polar surface area (TPSA) is 39.1 Å². The molecule has 0 spiro atoms. The molecular formula is C13H25N3O. The van der Waals surface area contributed by atoms with Crippen LogP contribution in [0.3, 0.4) is 0 Å². The van der Waals surface area contributed by atoms with Gasteiger partial charge < -0.3 is 10.1 Å². The van der Waals surface area contributed by atoms with Crippen molar-refractivity contribution < 1.29 is 4.74 Å². The third-order valence-electron chi connectivity index (χ3n) is 2.89. The lowest BCUT2D eigenvalue weighted by molar-refractivity contribution is 0.166. The quantitative estimate of drug-likeness (QED) is 0.749. The second kappa shape index (κ2) is 7.45. The van der Waals surface area contributed by atoms with Crippen molar-refractivity contribution in [3.8, 4) is 0 Å². The van der Waals surface area contributed by atoms with Crippen LogP contribution in [0, 0.1) is 0 Å². The van der Waals surface area contributed by atoms with Crippen LogP contribution in [0.5, 0.6) is 0 Å². The molecule has 1 unspecified atom stereocenters. The summed E-state index contributed by atoms with van der Waals surface area (Å²) in [7, 11) is 1.75. The third kappa shape index (κ3) is 4.13. The summed E-state index contributed by atoms with van der Waals surface area (Å²) in [5.74, 6) is 0. The second-order valence-electron chi connectivity index (χ2n) is 4.21. The summed E-state index contributed by atoms with van der Waals surface area (Å²) in [6.07, 6.45) is 1.97. The zero-order valence-corrected chi connectivity index (χ0v) is 11.5. The van der Waals surface area contributed by atoms with Crippen molar-refractivity contribution in [2.75, 3.05) is 20.3 Å². The van der Waals surface area contributed by atoms with Crippen molar-refractivity contribution in [2.24, 2.45) is 0 Å². The molecule has 98 valence electrons. The molecule has 0 fully saturated rings. The van der Waals surface area contributed by atoms with Gasteiger partial charge in [0.05, 0.1) is 12.3 Å². The Balaban J connectivity index is 2.72. The van der Waals surface area contributed by atoms with Crippen LogP contribution < -0.4 is 5.32 Å². The zero-order valence-electron chi connectivity index (χ0n) is 11.5. The van der Waals surface area contributed by atoms with Gasteiger partial charge in [0.15, 0.2) is 0 Å². The minimum Gasteiger partial charge on any atom is -0.383 e. The Hall–Kier alpha value is -0.870. The minimum atomic E-state index is 0.372. The molecular weight excluding hydrogens is 214 g/mol. The molecule has 1 heterocycles. The van der Waals surface area contributed by atoms with E-state index in [2.05, 4.69) is 41.9 Å². The number of ether oxygens (including phenoxy) is 1. The fourth-order valence-corrected chi connectivity index (χ4v) is 2.06. The maximum Gasteiger partial charge on any atom is 0.0624 e. The lowest BCUT2D eigenvalue weighted by atomic mass is 10.1. The maximum absolute atomic E-state index is 5.24. The van der Waals surface area contributed by atoms with Crippen molar-refractivity contribution in [1.82, 2.24) is 15.1 Å². The van der Waals surface area contributed by atoms with Crippen LogP contribution in [-0.2, 0) is 24.1 Å². The van der Waals surface area contributed by atoms with Crippen molar-refractivity contribution in [1.29, 1.82) is 0 Å². The van der Waals surface area contributed by atoms with Gasteiger partial charge in [0, 0.05) is 31.8 Å². The normalized spacial score (nSPS) is 12.9. The van der Waals surface area contributed by atoms with Crippen LogP contribution in [0.1, 0.15) is 32.2 Å². The largest absolute Gasteiger partial charge is 0.383 e. The van der Waals surface area contributed by atoms with E-state index in [-0.39, 0.29) is 0 Å². The van der Waals surface area contributed by atoms with Gasteiger partial charge >= 0.3 is 0 Å². The van der Waals surface area contributed by atoms with Crippen molar-refractivity contribution in [3.63, 3.8) is 0 Å². The Labute approximate surface area is 104 Å². The van der Waals surface area contributed by atoms with Gasteiger partial charge in [0.25, 0.3) is 0 Å². The average Bonchev–Trinajstić information content (AvgIpc) is 2.72. The fraction of sp³-hybridized carbons (Fsp3) is 0.769. The summed E-state index contributed by atoms with van der Waals surface area (Å²) in [5.41, 5.74) is 2.47. The average molecular weight is 239 g/mol. The number of hydrogen-bond donors (Lipinski definition) is 1. The molecule has 17 heavy (non-hydrogen) atoms. The van der Waals surface area contributed by atoms with E-state index in [1.54, 1.807) is 7.11 Å². The Morgan fingerprint density at radius 1 is 1.41 bits per heavy atom. The molecule has 0 amide bonds. The first-order valence-corrected chi connectivity index (χ1v) is 6.52.